The second-order valence-corrected chi connectivity index (χ2v) is 6.12. The minimum absolute atomic E-state index is 0.356. The van der Waals surface area contributed by atoms with Gasteiger partial charge in [0.15, 0.2) is 0 Å². The van der Waals surface area contributed by atoms with Crippen LogP contribution in [0.5, 0.6) is 0 Å². The number of halogens is 1. The zero-order valence-electron chi connectivity index (χ0n) is 13.5. The molecule has 0 aliphatic rings. The van der Waals surface area contributed by atoms with E-state index >= 15 is 0 Å². The maximum atomic E-state index is 13.8. The summed E-state index contributed by atoms with van der Waals surface area (Å²) in [5.74, 6) is 0.353. The first kappa shape index (κ1) is 14.7. The summed E-state index contributed by atoms with van der Waals surface area (Å²) in [7, 11) is 0. The van der Waals surface area contributed by atoms with Gasteiger partial charge in [0.25, 0.3) is 5.56 Å². The van der Waals surface area contributed by atoms with Crippen LogP contribution in [0.15, 0.2) is 53.7 Å². The Kier molecular flexibility index (Phi) is 3.08. The van der Waals surface area contributed by atoms with Crippen LogP contribution < -0.4 is 5.56 Å². The van der Waals surface area contributed by atoms with Crippen LogP contribution in [0.25, 0.3) is 32.6 Å². The fourth-order valence-corrected chi connectivity index (χ4v) is 3.37. The Balaban J connectivity index is 1.87. The van der Waals surface area contributed by atoms with E-state index in [1.165, 1.54) is 12.1 Å². The van der Waals surface area contributed by atoms with Crippen molar-refractivity contribution in [1.29, 1.82) is 0 Å². The van der Waals surface area contributed by atoms with Gasteiger partial charge in [0.1, 0.15) is 11.6 Å². The van der Waals surface area contributed by atoms with E-state index in [2.05, 4.69) is 20.2 Å². The van der Waals surface area contributed by atoms with Crippen LogP contribution in [0.2, 0.25) is 0 Å². The predicted molar refractivity (Wildman–Crippen MR) is 96.5 cm³/mol. The lowest BCUT2D eigenvalue weighted by atomic mass is 10.0. The molecule has 7 heteroatoms. The zero-order chi connectivity index (χ0) is 17.7. The molecule has 6 nitrogen and oxygen atoms in total. The van der Waals surface area contributed by atoms with Gasteiger partial charge in [-0.25, -0.2) is 14.5 Å². The van der Waals surface area contributed by atoms with Crippen molar-refractivity contribution in [3.8, 4) is 0 Å². The average Bonchev–Trinajstić information content (AvgIpc) is 3.06. The first-order valence-electron chi connectivity index (χ1n) is 8.07. The van der Waals surface area contributed by atoms with Crippen molar-refractivity contribution < 1.29 is 4.39 Å². The van der Waals surface area contributed by atoms with Crippen molar-refractivity contribution in [1.82, 2.24) is 25.1 Å². The van der Waals surface area contributed by atoms with E-state index in [9.17, 15) is 9.18 Å². The Morgan fingerprint density at radius 2 is 1.88 bits per heavy atom. The van der Waals surface area contributed by atoms with Crippen molar-refractivity contribution in [2.75, 3.05) is 0 Å². The molecule has 26 heavy (non-hydrogen) atoms. The van der Waals surface area contributed by atoms with Crippen LogP contribution >= 0.6 is 0 Å². The van der Waals surface area contributed by atoms with Gasteiger partial charge in [-0.05, 0) is 35.9 Å². The van der Waals surface area contributed by atoms with Gasteiger partial charge in [-0.2, -0.15) is 5.10 Å². The second-order valence-electron chi connectivity index (χ2n) is 6.12. The molecule has 0 aliphatic carbocycles. The van der Waals surface area contributed by atoms with Crippen molar-refractivity contribution in [2.45, 2.75) is 6.42 Å². The molecule has 0 unspecified atom stereocenters. The first-order chi connectivity index (χ1) is 12.7. The Hall–Kier alpha value is -3.61. The quantitative estimate of drug-likeness (QED) is 0.481. The maximum Gasteiger partial charge on any atom is 0.272 e. The molecule has 3 aromatic heterocycles. The van der Waals surface area contributed by atoms with Gasteiger partial charge in [-0.15, -0.1) is 0 Å². The molecule has 2 N–H and O–H groups in total. The number of H-pyrrole nitrogens is 2. The van der Waals surface area contributed by atoms with E-state index in [-0.39, 0.29) is 5.56 Å². The van der Waals surface area contributed by atoms with Gasteiger partial charge >= 0.3 is 0 Å². The Bertz CT molecular complexity index is 1340. The highest BCUT2D eigenvalue weighted by atomic mass is 19.1. The van der Waals surface area contributed by atoms with Crippen molar-refractivity contribution in [3.05, 3.63) is 76.5 Å². The van der Waals surface area contributed by atoms with E-state index in [1.807, 2.05) is 12.1 Å². The Morgan fingerprint density at radius 1 is 1.04 bits per heavy atom. The summed E-state index contributed by atoms with van der Waals surface area (Å²) in [6, 6.07) is 8.24. The zero-order valence-corrected chi connectivity index (χ0v) is 13.5. The molecule has 0 fully saturated rings. The van der Waals surface area contributed by atoms with Crippen LogP contribution in [0.4, 0.5) is 4.39 Å². The minimum Gasteiger partial charge on any atom is -0.341 e. The third-order valence-electron chi connectivity index (χ3n) is 4.51. The van der Waals surface area contributed by atoms with E-state index in [1.54, 1.807) is 24.7 Å². The van der Waals surface area contributed by atoms with Gasteiger partial charge in [0.2, 0.25) is 0 Å². The largest absolute Gasteiger partial charge is 0.341 e. The smallest absolute Gasteiger partial charge is 0.272 e. The van der Waals surface area contributed by atoms with Crippen LogP contribution in [0, 0.1) is 5.82 Å². The average molecular weight is 345 g/mol. The molecule has 5 rings (SSSR count). The number of imidazole rings is 1. The van der Waals surface area contributed by atoms with E-state index in [4.69, 9.17) is 4.98 Å². The molecular weight excluding hydrogens is 333 g/mol. The molecule has 0 bridgehead atoms. The highest BCUT2D eigenvalue weighted by Gasteiger charge is 2.16. The summed E-state index contributed by atoms with van der Waals surface area (Å²) in [6.07, 6.45) is 5.62. The number of hydrogen-bond donors (Lipinski definition) is 2. The fourth-order valence-electron chi connectivity index (χ4n) is 3.37. The molecular formula is C19H12FN5O. The minimum atomic E-state index is -0.401. The normalized spacial score (nSPS) is 11.6. The topological polar surface area (TPSA) is 87.3 Å². The molecule has 2 aromatic carbocycles. The van der Waals surface area contributed by atoms with Gasteiger partial charge in [-0.3, -0.25) is 9.78 Å². The SMILES string of the molecule is O=c1[nH]ncc2c3[nH]c(Cc4ccncc4)nc3c3ccc(F)cc3c12. The number of pyridine rings is 1. The lowest BCUT2D eigenvalue weighted by Crippen LogP contribution is -2.08. The van der Waals surface area contributed by atoms with Gasteiger partial charge < -0.3 is 4.98 Å². The van der Waals surface area contributed by atoms with Crippen LogP contribution in [-0.4, -0.2) is 25.1 Å². The number of hydrogen-bond acceptors (Lipinski definition) is 4. The number of aromatic amines is 2. The van der Waals surface area contributed by atoms with E-state index in [0.29, 0.717) is 28.1 Å². The van der Waals surface area contributed by atoms with Crippen LogP contribution in [-0.2, 0) is 6.42 Å². The molecule has 0 atom stereocenters. The third kappa shape index (κ3) is 2.17. The first-order valence-corrected chi connectivity index (χ1v) is 8.07. The fraction of sp³-hybridized carbons (Fsp3) is 0.0526. The summed E-state index contributed by atoms with van der Waals surface area (Å²) in [5.41, 5.74) is 2.13. The lowest BCUT2D eigenvalue weighted by Gasteiger charge is -2.04. The number of nitrogens with zero attached hydrogens (tertiary/aromatic N) is 3. The van der Waals surface area contributed by atoms with Gasteiger partial charge in [0.05, 0.1) is 22.6 Å². The molecule has 5 aromatic rings. The number of benzene rings is 2. The highest BCUT2D eigenvalue weighted by molar-refractivity contribution is 6.22. The number of rotatable bonds is 2. The third-order valence-corrected chi connectivity index (χ3v) is 4.51. The molecule has 0 radical (unpaired) electrons. The van der Waals surface area contributed by atoms with Crippen LogP contribution in [0.3, 0.4) is 0 Å². The van der Waals surface area contributed by atoms with E-state index < -0.39 is 5.82 Å². The molecule has 3 heterocycles. The molecule has 0 saturated heterocycles. The number of fused-ring (bicyclic) bond motifs is 6. The van der Waals surface area contributed by atoms with Gasteiger partial charge in [-0.1, -0.05) is 0 Å². The summed E-state index contributed by atoms with van der Waals surface area (Å²) in [5, 5.41) is 8.60. The van der Waals surface area contributed by atoms with Crippen LogP contribution in [0.1, 0.15) is 11.4 Å². The monoisotopic (exact) mass is 345 g/mol. The summed E-state index contributed by atoms with van der Waals surface area (Å²) >= 11 is 0. The standard InChI is InChI=1S/C19H12FN5O/c20-11-1-2-12-13(8-11)16-14(9-22-25-19(16)26)18-17(12)23-15(24-18)7-10-3-5-21-6-4-10/h1-6,8-9H,7H2,(H,23,24)(H,25,26). The van der Waals surface area contributed by atoms with Crippen molar-refractivity contribution in [3.63, 3.8) is 0 Å². The number of nitrogens with one attached hydrogen (secondary N) is 2. The molecule has 0 amide bonds. The second kappa shape index (κ2) is 5.45. The summed E-state index contributed by atoms with van der Waals surface area (Å²) in [6.45, 7) is 0. The Morgan fingerprint density at radius 3 is 2.73 bits per heavy atom. The molecule has 126 valence electrons. The molecule has 0 saturated carbocycles. The molecule has 0 aliphatic heterocycles. The lowest BCUT2D eigenvalue weighted by molar-refractivity contribution is 0.630. The maximum absolute atomic E-state index is 13.8. The van der Waals surface area contributed by atoms with Crippen molar-refractivity contribution in [2.24, 2.45) is 0 Å². The highest BCUT2D eigenvalue weighted by Crippen LogP contribution is 2.32. The van der Waals surface area contributed by atoms with Gasteiger partial charge in [0, 0.05) is 35.0 Å². The molecule has 0 spiro atoms. The predicted octanol–water partition coefficient (Wildman–Crippen LogP) is 3.08. The summed E-state index contributed by atoms with van der Waals surface area (Å²) < 4.78 is 13.8. The van der Waals surface area contributed by atoms with Crippen molar-refractivity contribution >= 4 is 32.6 Å². The Labute approximate surface area is 145 Å². The van der Waals surface area contributed by atoms with E-state index in [0.717, 1.165) is 22.3 Å². The summed E-state index contributed by atoms with van der Waals surface area (Å²) in [4.78, 5) is 24.4. The number of aromatic nitrogens is 5.